The first-order valence-electron chi connectivity index (χ1n) is 5.41. The van der Waals surface area contributed by atoms with E-state index in [1.807, 2.05) is 0 Å². The third-order valence-corrected chi connectivity index (χ3v) is 2.24. The van der Waals surface area contributed by atoms with Gasteiger partial charge >= 0.3 is 0 Å². The molecule has 3 N–H and O–H groups in total. The Bertz CT molecular complexity index is 390. The largest absolute Gasteiger partial charge is 0.370 e. The van der Waals surface area contributed by atoms with E-state index in [-0.39, 0.29) is 17.6 Å². The predicted molar refractivity (Wildman–Crippen MR) is 61.8 cm³/mol. The average molecular weight is 238 g/mol. The fourth-order valence-corrected chi connectivity index (χ4v) is 1.33. The van der Waals surface area contributed by atoms with Crippen molar-refractivity contribution in [2.24, 2.45) is 5.73 Å². The molecule has 4 nitrogen and oxygen atoms in total. The van der Waals surface area contributed by atoms with Gasteiger partial charge in [-0.1, -0.05) is 0 Å². The molecule has 0 saturated carbocycles. The van der Waals surface area contributed by atoms with Crippen LogP contribution in [0, 0.1) is 5.82 Å². The molecular weight excluding hydrogens is 223 g/mol. The molecule has 1 aromatic rings. The van der Waals surface area contributed by atoms with E-state index >= 15 is 0 Å². The van der Waals surface area contributed by atoms with E-state index in [1.54, 1.807) is 0 Å². The second-order valence-corrected chi connectivity index (χ2v) is 3.69. The molecule has 0 aliphatic carbocycles. The Hall–Kier alpha value is -1.91. The fourth-order valence-electron chi connectivity index (χ4n) is 1.33. The van der Waals surface area contributed by atoms with Crippen LogP contribution < -0.4 is 11.1 Å². The van der Waals surface area contributed by atoms with E-state index in [9.17, 15) is 14.0 Å². The molecule has 0 heterocycles. The van der Waals surface area contributed by atoms with Gasteiger partial charge in [-0.2, -0.15) is 0 Å². The lowest BCUT2D eigenvalue weighted by molar-refractivity contribution is -0.118. The second kappa shape index (κ2) is 6.62. The number of carbonyl (C=O) groups excluding carboxylic acids is 2. The van der Waals surface area contributed by atoms with Crippen molar-refractivity contribution in [3.63, 3.8) is 0 Å². The summed E-state index contributed by atoms with van der Waals surface area (Å²) in [6, 6.07) is 5.33. The van der Waals surface area contributed by atoms with Crippen molar-refractivity contribution in [1.29, 1.82) is 0 Å². The number of nitrogens with one attached hydrogen (secondary N) is 1. The zero-order valence-corrected chi connectivity index (χ0v) is 9.41. The van der Waals surface area contributed by atoms with E-state index in [1.165, 1.54) is 24.3 Å². The summed E-state index contributed by atoms with van der Waals surface area (Å²) < 4.78 is 12.6. The molecule has 0 fully saturated rings. The number of unbranched alkanes of at least 4 members (excludes halogenated alkanes) is 1. The van der Waals surface area contributed by atoms with Crippen LogP contribution in [-0.4, -0.2) is 18.4 Å². The van der Waals surface area contributed by atoms with Crippen LogP contribution in [0.5, 0.6) is 0 Å². The lowest BCUT2D eigenvalue weighted by atomic mass is 10.2. The molecule has 0 aromatic heterocycles. The van der Waals surface area contributed by atoms with Crippen LogP contribution in [0.15, 0.2) is 24.3 Å². The van der Waals surface area contributed by atoms with E-state index in [4.69, 9.17) is 5.73 Å². The maximum absolute atomic E-state index is 12.6. The molecule has 17 heavy (non-hydrogen) atoms. The van der Waals surface area contributed by atoms with Crippen LogP contribution in [0.4, 0.5) is 4.39 Å². The number of primary amides is 1. The summed E-state index contributed by atoms with van der Waals surface area (Å²) in [5.74, 6) is -0.957. The number of carbonyl (C=O) groups is 2. The summed E-state index contributed by atoms with van der Waals surface area (Å²) in [7, 11) is 0. The van der Waals surface area contributed by atoms with Crippen LogP contribution in [0.3, 0.4) is 0 Å². The molecule has 92 valence electrons. The third-order valence-electron chi connectivity index (χ3n) is 2.24. The van der Waals surface area contributed by atoms with Gasteiger partial charge in [-0.25, -0.2) is 4.39 Å². The quantitative estimate of drug-likeness (QED) is 0.731. The molecular formula is C12H15FN2O2. The first kappa shape index (κ1) is 13.2. The molecule has 5 heteroatoms. The molecule has 1 rings (SSSR count). The molecule has 1 aromatic carbocycles. The second-order valence-electron chi connectivity index (χ2n) is 3.69. The van der Waals surface area contributed by atoms with E-state index in [0.717, 1.165) is 0 Å². The Kier molecular flexibility index (Phi) is 5.13. The summed E-state index contributed by atoms with van der Waals surface area (Å²) in [5, 5.41) is 2.68. The van der Waals surface area contributed by atoms with Crippen molar-refractivity contribution in [1.82, 2.24) is 5.32 Å². The van der Waals surface area contributed by atoms with Gasteiger partial charge in [0.25, 0.3) is 5.91 Å². The molecule has 2 amide bonds. The highest BCUT2D eigenvalue weighted by Gasteiger charge is 2.04. The molecule has 0 spiro atoms. The van der Waals surface area contributed by atoms with Crippen molar-refractivity contribution in [3.05, 3.63) is 35.6 Å². The zero-order chi connectivity index (χ0) is 12.7. The maximum atomic E-state index is 12.6. The smallest absolute Gasteiger partial charge is 0.251 e. The number of rotatable bonds is 6. The Balaban J connectivity index is 2.25. The van der Waals surface area contributed by atoms with Crippen molar-refractivity contribution in [2.75, 3.05) is 6.54 Å². The van der Waals surface area contributed by atoms with E-state index < -0.39 is 0 Å². The summed E-state index contributed by atoms with van der Waals surface area (Å²) in [6.45, 7) is 0.476. The minimum Gasteiger partial charge on any atom is -0.370 e. The molecule has 0 radical (unpaired) electrons. The van der Waals surface area contributed by atoms with Gasteiger partial charge in [0.2, 0.25) is 5.91 Å². The van der Waals surface area contributed by atoms with Gasteiger partial charge in [-0.05, 0) is 37.1 Å². The Morgan fingerprint density at radius 1 is 1.18 bits per heavy atom. The van der Waals surface area contributed by atoms with Gasteiger partial charge in [-0.3, -0.25) is 9.59 Å². The number of amides is 2. The molecule has 0 aliphatic rings. The van der Waals surface area contributed by atoms with Crippen LogP contribution in [0.25, 0.3) is 0 Å². The third kappa shape index (κ3) is 5.10. The highest BCUT2D eigenvalue weighted by Crippen LogP contribution is 2.02. The standard InChI is InChI=1S/C12H15FN2O2/c13-10-6-4-9(5-7-10)12(17)15-8-2-1-3-11(14)16/h4-7H,1-3,8H2,(H2,14,16)(H,15,17). The van der Waals surface area contributed by atoms with Gasteiger partial charge in [0.1, 0.15) is 5.82 Å². The van der Waals surface area contributed by atoms with Crippen molar-refractivity contribution in [3.8, 4) is 0 Å². The zero-order valence-electron chi connectivity index (χ0n) is 9.41. The minimum atomic E-state index is -0.372. The van der Waals surface area contributed by atoms with Gasteiger partial charge < -0.3 is 11.1 Å². The molecule has 0 atom stereocenters. The first-order valence-corrected chi connectivity index (χ1v) is 5.41. The summed E-state index contributed by atoms with van der Waals surface area (Å²) >= 11 is 0. The lowest BCUT2D eigenvalue weighted by Crippen LogP contribution is -2.24. The van der Waals surface area contributed by atoms with Crippen LogP contribution in [0.2, 0.25) is 0 Å². The van der Waals surface area contributed by atoms with Crippen LogP contribution in [-0.2, 0) is 4.79 Å². The van der Waals surface area contributed by atoms with Crippen LogP contribution in [0.1, 0.15) is 29.6 Å². The maximum Gasteiger partial charge on any atom is 0.251 e. The average Bonchev–Trinajstić information content (AvgIpc) is 2.29. The van der Waals surface area contributed by atoms with Gasteiger partial charge in [0, 0.05) is 18.5 Å². The first-order chi connectivity index (χ1) is 8.09. The van der Waals surface area contributed by atoms with Crippen molar-refractivity contribution >= 4 is 11.8 Å². The Morgan fingerprint density at radius 2 is 1.82 bits per heavy atom. The van der Waals surface area contributed by atoms with Crippen molar-refractivity contribution < 1.29 is 14.0 Å². The topological polar surface area (TPSA) is 72.2 Å². The molecule has 0 aliphatic heterocycles. The summed E-state index contributed by atoms with van der Waals surface area (Å²) in [5.41, 5.74) is 5.40. The highest BCUT2D eigenvalue weighted by atomic mass is 19.1. The number of nitrogens with two attached hydrogens (primary N) is 1. The summed E-state index contributed by atoms with van der Waals surface area (Å²) in [6.07, 6.45) is 1.67. The monoisotopic (exact) mass is 238 g/mol. The normalized spacial score (nSPS) is 9.94. The lowest BCUT2D eigenvalue weighted by Gasteiger charge is -2.04. The molecule has 0 unspecified atom stereocenters. The number of hydrogen-bond donors (Lipinski definition) is 2. The molecule has 0 bridgehead atoms. The van der Waals surface area contributed by atoms with Gasteiger partial charge in [-0.15, -0.1) is 0 Å². The van der Waals surface area contributed by atoms with Crippen molar-refractivity contribution in [2.45, 2.75) is 19.3 Å². The number of halogens is 1. The number of benzene rings is 1. The summed E-state index contributed by atoms with van der Waals surface area (Å²) in [4.78, 5) is 22.0. The van der Waals surface area contributed by atoms with E-state index in [2.05, 4.69) is 5.32 Å². The predicted octanol–water partition coefficient (Wildman–Crippen LogP) is 1.21. The Labute approximate surface area is 99.0 Å². The van der Waals surface area contributed by atoms with Gasteiger partial charge in [0.15, 0.2) is 0 Å². The minimum absolute atomic E-state index is 0.246. The number of hydrogen-bond acceptors (Lipinski definition) is 2. The van der Waals surface area contributed by atoms with E-state index in [0.29, 0.717) is 31.4 Å². The molecule has 0 saturated heterocycles. The highest BCUT2D eigenvalue weighted by molar-refractivity contribution is 5.94. The SMILES string of the molecule is NC(=O)CCCCNC(=O)c1ccc(F)cc1. The van der Waals surface area contributed by atoms with Gasteiger partial charge in [0.05, 0.1) is 0 Å². The fraction of sp³-hybridized carbons (Fsp3) is 0.333. The Morgan fingerprint density at radius 3 is 2.41 bits per heavy atom. The van der Waals surface area contributed by atoms with Crippen LogP contribution >= 0.6 is 0 Å².